The number of hydrogen-bond donors (Lipinski definition) is 2. The van der Waals surface area contributed by atoms with E-state index in [0.29, 0.717) is 18.3 Å². The Labute approximate surface area is 153 Å². The van der Waals surface area contributed by atoms with Gasteiger partial charge in [0.2, 0.25) is 0 Å². The topological polar surface area (TPSA) is 58.9 Å². The minimum Gasteiger partial charge on any atom is -0.393 e. The molecule has 0 aromatic heterocycles. The number of rotatable bonds is 6. The fraction of sp³-hybridized carbons (Fsp3) is 0.905. The normalized spacial score (nSPS) is 34.3. The quantitative estimate of drug-likeness (QED) is 0.707. The van der Waals surface area contributed by atoms with Gasteiger partial charge in [0.25, 0.3) is 0 Å². The lowest BCUT2D eigenvalue weighted by Gasteiger charge is -2.49. The summed E-state index contributed by atoms with van der Waals surface area (Å²) in [6.07, 6.45) is 7.82. The third-order valence-corrected chi connectivity index (χ3v) is 6.68. The molecule has 2 aliphatic carbocycles. The molecule has 0 amide bonds. The molecule has 0 radical (unpaired) electrons. The summed E-state index contributed by atoms with van der Waals surface area (Å²) in [6.45, 7) is 11.6. The fourth-order valence-electron chi connectivity index (χ4n) is 5.49. The molecule has 0 aromatic rings. The third kappa shape index (κ3) is 4.29. The Morgan fingerprint density at radius 2 is 1.88 bits per heavy atom. The molecular formula is C21H38O4. The summed E-state index contributed by atoms with van der Waals surface area (Å²) in [6, 6.07) is 0. The number of hydrogen-bond acceptors (Lipinski definition) is 4. The SMILES string of the molecule is C=C(CO)CC(O)CCC1CCC2C3(CCCC12C)OCCO3.CC. The van der Waals surface area contributed by atoms with Gasteiger partial charge in [0.1, 0.15) is 0 Å². The molecule has 4 unspecified atom stereocenters. The first-order chi connectivity index (χ1) is 12.0. The zero-order chi connectivity index (χ0) is 18.5. The molecule has 1 heterocycles. The van der Waals surface area contributed by atoms with Crippen LogP contribution >= 0.6 is 0 Å². The van der Waals surface area contributed by atoms with E-state index in [1.165, 1.54) is 25.7 Å². The highest BCUT2D eigenvalue weighted by atomic mass is 16.7. The third-order valence-electron chi connectivity index (χ3n) is 6.68. The first-order valence-electron chi connectivity index (χ1n) is 10.2. The lowest BCUT2D eigenvalue weighted by molar-refractivity contribution is -0.239. The number of aliphatic hydroxyl groups excluding tert-OH is 2. The van der Waals surface area contributed by atoms with Crippen LogP contribution in [-0.2, 0) is 9.47 Å². The molecule has 4 heteroatoms. The molecule has 2 N–H and O–H groups in total. The van der Waals surface area contributed by atoms with E-state index in [-0.39, 0.29) is 23.9 Å². The van der Waals surface area contributed by atoms with Crippen molar-refractivity contribution in [1.29, 1.82) is 0 Å². The van der Waals surface area contributed by atoms with E-state index < -0.39 is 0 Å². The van der Waals surface area contributed by atoms with E-state index in [9.17, 15) is 5.11 Å². The molecule has 3 rings (SSSR count). The second-order valence-electron chi connectivity index (χ2n) is 8.04. The summed E-state index contributed by atoms with van der Waals surface area (Å²) in [5, 5.41) is 19.2. The van der Waals surface area contributed by atoms with Gasteiger partial charge in [-0.2, -0.15) is 0 Å². The maximum atomic E-state index is 10.2. The van der Waals surface area contributed by atoms with Crippen LogP contribution in [0.2, 0.25) is 0 Å². The minimum atomic E-state index is -0.381. The van der Waals surface area contributed by atoms with Crippen LogP contribution in [0.4, 0.5) is 0 Å². The molecule has 0 aromatic carbocycles. The Bertz CT molecular complexity index is 430. The maximum absolute atomic E-state index is 10.2. The van der Waals surface area contributed by atoms with Crippen LogP contribution in [0.25, 0.3) is 0 Å². The average molecular weight is 355 g/mol. The van der Waals surface area contributed by atoms with Crippen molar-refractivity contribution in [3.05, 3.63) is 12.2 Å². The van der Waals surface area contributed by atoms with Gasteiger partial charge in [0, 0.05) is 12.3 Å². The highest BCUT2D eigenvalue weighted by Crippen LogP contribution is 2.61. The van der Waals surface area contributed by atoms with Crippen LogP contribution in [0.5, 0.6) is 0 Å². The predicted octanol–water partition coefficient (Wildman–Crippen LogP) is 4.05. The standard InChI is InChI=1S/C19H32O4.C2H6/c1-14(13-20)12-16(21)6-4-15-5-7-17-18(15,2)8-3-9-19(17)22-10-11-23-19;1-2/h15-17,20-21H,1,3-13H2,2H3;1-2H3. The van der Waals surface area contributed by atoms with Crippen molar-refractivity contribution in [3.8, 4) is 0 Å². The first-order valence-corrected chi connectivity index (χ1v) is 10.2. The highest BCUT2D eigenvalue weighted by Gasteiger charge is 2.59. The minimum absolute atomic E-state index is 0.0303. The van der Waals surface area contributed by atoms with E-state index in [1.807, 2.05) is 13.8 Å². The lowest BCUT2D eigenvalue weighted by Crippen LogP contribution is -2.50. The van der Waals surface area contributed by atoms with Gasteiger partial charge >= 0.3 is 0 Å². The molecule has 3 aliphatic rings. The van der Waals surface area contributed by atoms with Crippen LogP contribution in [0, 0.1) is 17.3 Å². The summed E-state index contributed by atoms with van der Waals surface area (Å²) in [5.41, 5.74) is 0.994. The molecule has 25 heavy (non-hydrogen) atoms. The van der Waals surface area contributed by atoms with E-state index in [1.54, 1.807) is 0 Å². The van der Waals surface area contributed by atoms with Gasteiger partial charge in [-0.3, -0.25) is 0 Å². The van der Waals surface area contributed by atoms with Crippen LogP contribution in [0.1, 0.15) is 72.1 Å². The van der Waals surface area contributed by atoms with Gasteiger partial charge in [0.05, 0.1) is 25.9 Å². The molecule has 1 saturated heterocycles. The fourth-order valence-corrected chi connectivity index (χ4v) is 5.49. The van der Waals surface area contributed by atoms with Crippen molar-refractivity contribution in [2.75, 3.05) is 19.8 Å². The second-order valence-corrected chi connectivity index (χ2v) is 8.04. The van der Waals surface area contributed by atoms with Crippen molar-refractivity contribution in [1.82, 2.24) is 0 Å². The Hall–Kier alpha value is -0.420. The van der Waals surface area contributed by atoms with Crippen molar-refractivity contribution < 1.29 is 19.7 Å². The molecule has 1 spiro atoms. The highest BCUT2D eigenvalue weighted by molar-refractivity contribution is 5.05. The van der Waals surface area contributed by atoms with Crippen molar-refractivity contribution in [2.45, 2.75) is 84.0 Å². The Balaban J connectivity index is 0.00000109. The van der Waals surface area contributed by atoms with Gasteiger partial charge in [-0.1, -0.05) is 27.4 Å². The number of aliphatic hydroxyl groups is 2. The van der Waals surface area contributed by atoms with Gasteiger partial charge < -0.3 is 19.7 Å². The average Bonchev–Trinajstić information content (AvgIpc) is 3.20. The van der Waals surface area contributed by atoms with E-state index >= 15 is 0 Å². The van der Waals surface area contributed by atoms with Gasteiger partial charge in [-0.25, -0.2) is 0 Å². The summed E-state index contributed by atoms with van der Waals surface area (Å²) in [5.74, 6) is 0.821. The zero-order valence-corrected chi connectivity index (χ0v) is 16.4. The summed E-state index contributed by atoms with van der Waals surface area (Å²) >= 11 is 0. The number of ether oxygens (including phenoxy) is 2. The van der Waals surface area contributed by atoms with E-state index in [2.05, 4.69) is 13.5 Å². The van der Waals surface area contributed by atoms with Gasteiger partial charge in [-0.15, -0.1) is 0 Å². The first kappa shape index (κ1) is 20.9. The summed E-state index contributed by atoms with van der Waals surface area (Å²) in [4.78, 5) is 0. The van der Waals surface area contributed by atoms with Crippen LogP contribution in [0.15, 0.2) is 12.2 Å². The van der Waals surface area contributed by atoms with Crippen molar-refractivity contribution in [3.63, 3.8) is 0 Å². The van der Waals surface area contributed by atoms with Crippen molar-refractivity contribution in [2.24, 2.45) is 17.3 Å². The van der Waals surface area contributed by atoms with E-state index in [4.69, 9.17) is 14.6 Å². The van der Waals surface area contributed by atoms with Crippen LogP contribution in [0.3, 0.4) is 0 Å². The Kier molecular flexibility index (Phi) is 7.51. The molecule has 146 valence electrons. The predicted molar refractivity (Wildman–Crippen MR) is 100 cm³/mol. The number of fused-ring (bicyclic) bond motifs is 2. The molecule has 4 atom stereocenters. The molecule has 2 saturated carbocycles. The summed E-state index contributed by atoms with van der Waals surface area (Å²) < 4.78 is 12.2. The van der Waals surface area contributed by atoms with Crippen LogP contribution in [-0.4, -0.2) is 41.9 Å². The largest absolute Gasteiger partial charge is 0.393 e. The second kappa shape index (κ2) is 8.98. The Morgan fingerprint density at radius 3 is 2.52 bits per heavy atom. The zero-order valence-electron chi connectivity index (χ0n) is 16.4. The van der Waals surface area contributed by atoms with Gasteiger partial charge in [-0.05, 0) is 61.9 Å². The molecule has 1 aliphatic heterocycles. The van der Waals surface area contributed by atoms with Gasteiger partial charge in [0.15, 0.2) is 5.79 Å². The Morgan fingerprint density at radius 1 is 1.20 bits per heavy atom. The van der Waals surface area contributed by atoms with Crippen LogP contribution < -0.4 is 0 Å². The molecule has 0 bridgehead atoms. The molecular weight excluding hydrogens is 316 g/mol. The summed E-state index contributed by atoms with van der Waals surface area (Å²) in [7, 11) is 0. The van der Waals surface area contributed by atoms with Crippen molar-refractivity contribution >= 4 is 0 Å². The smallest absolute Gasteiger partial charge is 0.171 e. The lowest BCUT2D eigenvalue weighted by atomic mass is 9.62. The molecule has 3 fully saturated rings. The molecule has 4 nitrogen and oxygen atoms in total. The van der Waals surface area contributed by atoms with E-state index in [0.717, 1.165) is 38.0 Å². The maximum Gasteiger partial charge on any atom is 0.171 e. The monoisotopic (exact) mass is 354 g/mol.